The van der Waals surface area contributed by atoms with Crippen LogP contribution in [0.25, 0.3) is 11.1 Å². The van der Waals surface area contributed by atoms with Gasteiger partial charge in [-0.1, -0.05) is 36.4 Å². The summed E-state index contributed by atoms with van der Waals surface area (Å²) in [5, 5.41) is 0. The average Bonchev–Trinajstić information content (AvgIpc) is 2.23. The second-order valence-corrected chi connectivity index (χ2v) is 3.51. The van der Waals surface area contributed by atoms with Crippen LogP contribution in [0.15, 0.2) is 53.4 Å². The number of hydrogen-bond acceptors (Lipinski definition) is 1. The summed E-state index contributed by atoms with van der Waals surface area (Å²) in [4.78, 5) is 0.379. The molecule has 0 saturated carbocycles. The molecule has 0 saturated heterocycles. The third-order valence-corrected chi connectivity index (χ3v) is 2.42. The van der Waals surface area contributed by atoms with Gasteiger partial charge < -0.3 is 1.43 Å². The van der Waals surface area contributed by atoms with Crippen molar-refractivity contribution in [3.8, 4) is 11.1 Å². The molecule has 2 rings (SSSR count). The van der Waals surface area contributed by atoms with Crippen LogP contribution in [0, 0.1) is 5.82 Å². The molecule has 0 bridgehead atoms. The molecule has 0 aliphatic rings. The van der Waals surface area contributed by atoms with Gasteiger partial charge in [-0.3, -0.25) is 0 Å². The molecule has 15 heavy (non-hydrogen) atoms. The second-order valence-electron chi connectivity index (χ2n) is 3.03. The topological polar surface area (TPSA) is 0 Å². The van der Waals surface area contributed by atoms with E-state index >= 15 is 0 Å². The van der Waals surface area contributed by atoms with Gasteiger partial charge >= 0.3 is 51.4 Å². The zero-order chi connectivity index (χ0) is 9.97. The van der Waals surface area contributed by atoms with Crippen LogP contribution in [0.1, 0.15) is 1.43 Å². The molecule has 3 heteroatoms. The first-order chi connectivity index (χ1) is 6.77. The maximum absolute atomic E-state index is 13.2. The smallest absolute Gasteiger partial charge is 1.00 e. The first-order valence-electron chi connectivity index (χ1n) is 4.31. The van der Waals surface area contributed by atoms with Gasteiger partial charge in [0.2, 0.25) is 0 Å². The van der Waals surface area contributed by atoms with Crippen LogP contribution < -0.4 is 51.4 Å². The van der Waals surface area contributed by atoms with Crippen molar-refractivity contribution in [1.82, 2.24) is 0 Å². The maximum atomic E-state index is 13.2. The Kier molecular flexibility index (Phi) is 5.53. The van der Waals surface area contributed by atoms with E-state index in [1.54, 1.807) is 6.07 Å². The third kappa shape index (κ3) is 3.41. The SMILES string of the molecule is Fc1cc(-c2ccccc2)ccc1S.[H-].[K+]. The molecule has 0 atom stereocenters. The molecule has 0 unspecified atom stereocenters. The Morgan fingerprint density at radius 2 is 1.60 bits per heavy atom. The largest absolute Gasteiger partial charge is 1.00 e. The molecule has 0 nitrogen and oxygen atoms in total. The monoisotopic (exact) mass is 244 g/mol. The summed E-state index contributed by atoms with van der Waals surface area (Å²) in [5.41, 5.74) is 1.89. The number of benzene rings is 2. The average molecular weight is 244 g/mol. The van der Waals surface area contributed by atoms with E-state index in [0.29, 0.717) is 4.90 Å². The van der Waals surface area contributed by atoms with Gasteiger partial charge in [0.15, 0.2) is 0 Å². The van der Waals surface area contributed by atoms with Crippen LogP contribution >= 0.6 is 12.6 Å². The Balaban J connectivity index is 0.00000112. The molecular weight excluding hydrogens is 234 g/mol. The summed E-state index contributed by atoms with van der Waals surface area (Å²) in [6.07, 6.45) is 0. The number of rotatable bonds is 1. The van der Waals surface area contributed by atoms with E-state index < -0.39 is 0 Å². The Morgan fingerprint density at radius 1 is 0.933 bits per heavy atom. The summed E-state index contributed by atoms with van der Waals surface area (Å²) in [7, 11) is 0. The molecule has 72 valence electrons. The van der Waals surface area contributed by atoms with E-state index in [1.165, 1.54) is 6.07 Å². The van der Waals surface area contributed by atoms with Gasteiger partial charge in [0.25, 0.3) is 0 Å². The fourth-order valence-electron chi connectivity index (χ4n) is 1.32. The predicted octanol–water partition coefficient (Wildman–Crippen LogP) is 0.898. The zero-order valence-electron chi connectivity index (χ0n) is 9.44. The van der Waals surface area contributed by atoms with Crippen LogP contribution in [0.3, 0.4) is 0 Å². The minimum absolute atomic E-state index is 0. The summed E-state index contributed by atoms with van der Waals surface area (Å²) in [6.45, 7) is 0. The number of halogens is 1. The van der Waals surface area contributed by atoms with E-state index in [9.17, 15) is 4.39 Å². The van der Waals surface area contributed by atoms with E-state index in [0.717, 1.165) is 11.1 Å². The molecule has 2 aromatic rings. The first kappa shape index (κ1) is 13.4. The molecule has 0 heterocycles. The minimum Gasteiger partial charge on any atom is -1.00 e. The molecule has 2 aromatic carbocycles. The summed E-state index contributed by atoms with van der Waals surface area (Å²) in [6, 6.07) is 14.7. The van der Waals surface area contributed by atoms with Crippen molar-refractivity contribution in [1.29, 1.82) is 0 Å². The Bertz CT molecular complexity index is 448. The predicted molar refractivity (Wildman–Crippen MR) is 60.2 cm³/mol. The molecule has 0 spiro atoms. The van der Waals surface area contributed by atoms with E-state index in [2.05, 4.69) is 12.6 Å². The van der Waals surface area contributed by atoms with Crippen LogP contribution in [-0.2, 0) is 0 Å². The summed E-state index contributed by atoms with van der Waals surface area (Å²) < 4.78 is 13.2. The van der Waals surface area contributed by atoms with Crippen molar-refractivity contribution in [2.45, 2.75) is 4.90 Å². The van der Waals surface area contributed by atoms with E-state index in [-0.39, 0.29) is 58.6 Å². The van der Waals surface area contributed by atoms with Gasteiger partial charge in [0.05, 0.1) is 0 Å². The van der Waals surface area contributed by atoms with Crippen LogP contribution in [-0.4, -0.2) is 0 Å². The van der Waals surface area contributed by atoms with Gasteiger partial charge in [0, 0.05) is 4.90 Å². The Hall–Kier alpha value is 0.356. The molecule has 0 radical (unpaired) electrons. The van der Waals surface area contributed by atoms with E-state index in [4.69, 9.17) is 0 Å². The fourth-order valence-corrected chi connectivity index (χ4v) is 1.46. The molecule has 0 aromatic heterocycles. The van der Waals surface area contributed by atoms with E-state index in [1.807, 2.05) is 36.4 Å². The molecular formula is C12H10FKS. The van der Waals surface area contributed by atoms with Crippen LogP contribution in [0.4, 0.5) is 4.39 Å². The quantitative estimate of drug-likeness (QED) is 0.559. The Morgan fingerprint density at radius 3 is 2.20 bits per heavy atom. The summed E-state index contributed by atoms with van der Waals surface area (Å²) >= 11 is 3.98. The molecule has 0 fully saturated rings. The van der Waals surface area contributed by atoms with Crippen molar-refractivity contribution in [3.05, 3.63) is 54.3 Å². The second kappa shape index (κ2) is 6.18. The minimum atomic E-state index is -0.283. The molecule has 0 aliphatic heterocycles. The van der Waals surface area contributed by atoms with Crippen molar-refractivity contribution >= 4 is 12.6 Å². The zero-order valence-corrected chi connectivity index (χ0v) is 12.5. The summed E-state index contributed by atoms with van der Waals surface area (Å²) in [5.74, 6) is -0.283. The molecule has 0 N–H and O–H groups in total. The Labute approximate surface area is 138 Å². The van der Waals surface area contributed by atoms with Crippen molar-refractivity contribution < 1.29 is 57.2 Å². The normalized spacial score (nSPS) is 9.47. The van der Waals surface area contributed by atoms with Crippen LogP contribution in [0.2, 0.25) is 0 Å². The van der Waals surface area contributed by atoms with Crippen molar-refractivity contribution in [3.63, 3.8) is 0 Å². The molecule has 0 amide bonds. The molecule has 0 aliphatic carbocycles. The maximum Gasteiger partial charge on any atom is 1.00 e. The number of hydrogen-bond donors (Lipinski definition) is 1. The standard InChI is InChI=1S/C12H9FS.K.H/c13-11-8-10(6-7-12(11)14)9-4-2-1-3-5-9;;/h1-8,14H;;/q;+1;-1. The van der Waals surface area contributed by atoms with Crippen LogP contribution in [0.5, 0.6) is 0 Å². The van der Waals surface area contributed by atoms with Crippen molar-refractivity contribution in [2.24, 2.45) is 0 Å². The van der Waals surface area contributed by atoms with Gasteiger partial charge in [-0.05, 0) is 23.3 Å². The van der Waals surface area contributed by atoms with Gasteiger partial charge in [-0.2, -0.15) is 0 Å². The number of thiol groups is 1. The van der Waals surface area contributed by atoms with Gasteiger partial charge in [-0.25, -0.2) is 4.39 Å². The van der Waals surface area contributed by atoms with Gasteiger partial charge in [-0.15, -0.1) is 12.6 Å². The fraction of sp³-hybridized carbons (Fsp3) is 0. The van der Waals surface area contributed by atoms with Crippen molar-refractivity contribution in [2.75, 3.05) is 0 Å². The van der Waals surface area contributed by atoms with Gasteiger partial charge in [0.1, 0.15) is 5.82 Å². The third-order valence-electron chi connectivity index (χ3n) is 2.05. The first-order valence-corrected chi connectivity index (χ1v) is 4.76.